The molecule has 1 aromatic carbocycles. The summed E-state index contributed by atoms with van der Waals surface area (Å²) in [7, 11) is -4.23. The minimum Gasteiger partial charge on any atom is -0.508 e. The molecule has 0 unspecified atom stereocenters. The third kappa shape index (κ3) is 3.23. The third-order valence-electron chi connectivity index (χ3n) is 2.30. The summed E-state index contributed by atoms with van der Waals surface area (Å²) in [5.74, 6) is -1.36. The second-order valence-corrected chi connectivity index (χ2v) is 7.31. The monoisotopic (exact) mass is 352 g/mol. The molecule has 11 heteroatoms. The van der Waals surface area contributed by atoms with Crippen molar-refractivity contribution in [2.24, 2.45) is 0 Å². The Labute approximate surface area is 126 Å². The number of halogens is 2. The Hall–Kier alpha value is -1.91. The van der Waals surface area contributed by atoms with Gasteiger partial charge in [0.1, 0.15) is 9.96 Å². The number of nitro groups is 1. The number of sulfonamides is 1. The predicted molar refractivity (Wildman–Crippen MR) is 74.9 cm³/mol. The molecule has 2 N–H and O–H groups in total. The molecule has 2 aromatic rings. The number of nitrogens with one attached hydrogen (secondary N) is 1. The maximum absolute atomic E-state index is 13.5. The van der Waals surface area contributed by atoms with Crippen LogP contribution in [-0.2, 0) is 10.0 Å². The van der Waals surface area contributed by atoms with Crippen molar-refractivity contribution < 1.29 is 22.8 Å². The van der Waals surface area contributed by atoms with E-state index in [1.807, 2.05) is 4.72 Å². The highest BCUT2D eigenvalue weighted by molar-refractivity contribution is 7.94. The van der Waals surface area contributed by atoms with Crippen molar-refractivity contribution in [3.05, 3.63) is 44.5 Å². The molecule has 0 radical (unpaired) electrons. The Morgan fingerprint density at radius 3 is 2.57 bits per heavy atom. The van der Waals surface area contributed by atoms with Crippen LogP contribution >= 0.6 is 22.9 Å². The molecular formula is C10H6ClFN2O5S2. The van der Waals surface area contributed by atoms with Crippen molar-refractivity contribution in [2.45, 2.75) is 4.21 Å². The molecule has 0 fully saturated rings. The summed E-state index contributed by atoms with van der Waals surface area (Å²) in [5, 5.41) is 19.7. The smallest absolute Gasteiger partial charge is 0.300 e. The molecule has 0 saturated carbocycles. The number of phenols is 1. The lowest BCUT2D eigenvalue weighted by Crippen LogP contribution is -2.12. The van der Waals surface area contributed by atoms with Crippen LogP contribution in [0.3, 0.4) is 0 Å². The zero-order valence-electron chi connectivity index (χ0n) is 9.91. The maximum Gasteiger partial charge on any atom is 0.300 e. The van der Waals surface area contributed by atoms with Gasteiger partial charge in [-0.1, -0.05) is 11.6 Å². The molecule has 2 rings (SSSR count). The Morgan fingerprint density at radius 2 is 2.05 bits per heavy atom. The highest BCUT2D eigenvalue weighted by Gasteiger charge is 2.26. The number of thiophene rings is 1. The van der Waals surface area contributed by atoms with Crippen LogP contribution in [0, 0.1) is 15.9 Å². The fourth-order valence-electron chi connectivity index (χ4n) is 1.38. The maximum atomic E-state index is 13.5. The van der Waals surface area contributed by atoms with Crippen LogP contribution in [0.25, 0.3) is 0 Å². The number of rotatable bonds is 4. The van der Waals surface area contributed by atoms with Crippen molar-refractivity contribution in [3.63, 3.8) is 0 Å². The van der Waals surface area contributed by atoms with Gasteiger partial charge >= 0.3 is 0 Å². The summed E-state index contributed by atoms with van der Waals surface area (Å²) in [6, 6.07) is 3.62. The van der Waals surface area contributed by atoms with Gasteiger partial charge in [0, 0.05) is 12.1 Å². The van der Waals surface area contributed by atoms with Crippen LogP contribution < -0.4 is 4.72 Å². The average molecular weight is 353 g/mol. The van der Waals surface area contributed by atoms with E-state index >= 15 is 0 Å². The van der Waals surface area contributed by atoms with Crippen LogP contribution in [0.1, 0.15) is 0 Å². The zero-order chi connectivity index (χ0) is 15.8. The van der Waals surface area contributed by atoms with Gasteiger partial charge in [0.15, 0.2) is 10.2 Å². The fraction of sp³-hybridized carbons (Fsp3) is 0. The van der Waals surface area contributed by atoms with Gasteiger partial charge in [-0.25, -0.2) is 12.8 Å². The van der Waals surface area contributed by atoms with Gasteiger partial charge in [0.25, 0.3) is 15.7 Å². The summed E-state index contributed by atoms with van der Waals surface area (Å²) in [4.78, 5) is 9.82. The van der Waals surface area contributed by atoms with E-state index in [1.54, 1.807) is 0 Å². The first-order chi connectivity index (χ1) is 9.70. The van der Waals surface area contributed by atoms with Crippen molar-refractivity contribution in [2.75, 3.05) is 4.72 Å². The second kappa shape index (κ2) is 5.47. The van der Waals surface area contributed by atoms with E-state index in [-0.39, 0.29) is 10.1 Å². The predicted octanol–water partition coefficient (Wildman–Crippen LogP) is 2.96. The number of benzene rings is 1. The molecule has 0 saturated heterocycles. The van der Waals surface area contributed by atoms with Crippen molar-refractivity contribution in [1.82, 2.24) is 0 Å². The molecule has 1 heterocycles. The summed E-state index contributed by atoms with van der Waals surface area (Å²) < 4.78 is 38.7. The molecule has 0 aliphatic heterocycles. The van der Waals surface area contributed by atoms with Crippen LogP contribution in [0.5, 0.6) is 5.75 Å². The first-order valence-electron chi connectivity index (χ1n) is 5.16. The lowest BCUT2D eigenvalue weighted by molar-refractivity contribution is -0.384. The molecule has 112 valence electrons. The van der Waals surface area contributed by atoms with Gasteiger partial charge in [-0.05, 0) is 12.1 Å². The number of hydrogen-bond donors (Lipinski definition) is 2. The highest BCUT2D eigenvalue weighted by Crippen LogP contribution is 2.37. The fourth-order valence-corrected chi connectivity index (χ4v) is 4.11. The molecule has 0 aliphatic rings. The Bertz CT molecular complexity index is 821. The summed E-state index contributed by atoms with van der Waals surface area (Å²) in [5.41, 5.74) is -0.951. The minimum absolute atomic E-state index is 0.299. The number of anilines is 1. The van der Waals surface area contributed by atoms with Crippen LogP contribution in [0.4, 0.5) is 15.8 Å². The Morgan fingerprint density at radius 1 is 1.38 bits per heavy atom. The van der Waals surface area contributed by atoms with Crippen molar-refractivity contribution >= 4 is 44.3 Å². The number of hydrogen-bond acceptors (Lipinski definition) is 6. The Balaban J connectivity index is 2.38. The average Bonchev–Trinajstić information content (AvgIpc) is 2.76. The lowest BCUT2D eigenvalue weighted by atomic mass is 10.3. The van der Waals surface area contributed by atoms with Crippen LogP contribution in [0.15, 0.2) is 28.5 Å². The van der Waals surface area contributed by atoms with E-state index in [4.69, 9.17) is 16.7 Å². The SMILES string of the molecule is O=[N+]([O-])c1cc(S(=O)(=O)Nc2ccc(O)cc2F)sc1Cl. The minimum atomic E-state index is -4.23. The van der Waals surface area contributed by atoms with E-state index in [0.29, 0.717) is 11.3 Å². The zero-order valence-corrected chi connectivity index (χ0v) is 12.3. The highest BCUT2D eigenvalue weighted by atomic mass is 35.5. The second-order valence-electron chi connectivity index (χ2n) is 3.75. The van der Waals surface area contributed by atoms with E-state index < -0.39 is 36.3 Å². The van der Waals surface area contributed by atoms with Crippen molar-refractivity contribution in [3.8, 4) is 5.75 Å². The number of aromatic hydroxyl groups is 1. The molecule has 21 heavy (non-hydrogen) atoms. The first-order valence-corrected chi connectivity index (χ1v) is 7.83. The topological polar surface area (TPSA) is 110 Å². The molecule has 0 amide bonds. The number of phenolic OH excluding ortho intramolecular Hbond substituents is 1. The normalized spacial score (nSPS) is 11.3. The van der Waals surface area contributed by atoms with E-state index in [1.165, 1.54) is 0 Å². The lowest BCUT2D eigenvalue weighted by Gasteiger charge is -2.07. The van der Waals surface area contributed by atoms with Crippen molar-refractivity contribution in [1.29, 1.82) is 0 Å². The standard InChI is InChI=1S/C10H6ClFN2O5S2/c11-10-8(14(16)17)4-9(20-10)21(18,19)13-7-2-1-5(15)3-6(7)12/h1-4,13,15H. The van der Waals surface area contributed by atoms with E-state index in [9.17, 15) is 22.9 Å². The van der Waals surface area contributed by atoms with Gasteiger partial charge < -0.3 is 5.11 Å². The summed E-state index contributed by atoms with van der Waals surface area (Å²) in [6.07, 6.45) is 0. The number of nitrogens with zero attached hydrogens (tertiary/aromatic N) is 1. The van der Waals surface area contributed by atoms with Gasteiger partial charge in [-0.3, -0.25) is 14.8 Å². The largest absolute Gasteiger partial charge is 0.508 e. The van der Waals surface area contributed by atoms with E-state index in [2.05, 4.69) is 0 Å². The van der Waals surface area contributed by atoms with Gasteiger partial charge in [0.05, 0.1) is 10.6 Å². The molecular weight excluding hydrogens is 347 g/mol. The van der Waals surface area contributed by atoms with E-state index in [0.717, 1.165) is 24.3 Å². The molecule has 0 spiro atoms. The van der Waals surface area contributed by atoms with Crippen LogP contribution in [-0.4, -0.2) is 18.4 Å². The molecule has 0 aliphatic carbocycles. The molecule has 0 bridgehead atoms. The molecule has 1 aromatic heterocycles. The third-order valence-corrected chi connectivity index (χ3v) is 5.48. The Kier molecular flexibility index (Phi) is 4.03. The van der Waals surface area contributed by atoms with Gasteiger partial charge in [0.2, 0.25) is 0 Å². The van der Waals surface area contributed by atoms with Gasteiger partial charge in [-0.15, -0.1) is 11.3 Å². The summed E-state index contributed by atoms with van der Waals surface area (Å²) in [6.45, 7) is 0. The quantitative estimate of drug-likeness (QED) is 0.499. The first kappa shape index (κ1) is 15.5. The summed E-state index contributed by atoms with van der Waals surface area (Å²) >= 11 is 6.06. The molecule has 7 nitrogen and oxygen atoms in total. The van der Waals surface area contributed by atoms with Crippen LogP contribution in [0.2, 0.25) is 4.34 Å². The molecule has 0 atom stereocenters. The van der Waals surface area contributed by atoms with Gasteiger partial charge in [-0.2, -0.15) is 0 Å².